The lowest BCUT2D eigenvalue weighted by molar-refractivity contribution is -0.137. The number of aromatic nitrogens is 1. The van der Waals surface area contributed by atoms with Gasteiger partial charge in [0.15, 0.2) is 5.12 Å². The summed E-state index contributed by atoms with van der Waals surface area (Å²) in [5.41, 5.74) is 4.90. The number of nitrogen functional groups attached to an aromatic ring is 1. The summed E-state index contributed by atoms with van der Waals surface area (Å²) in [6.07, 6.45) is -0.00623. The third-order valence-corrected chi connectivity index (χ3v) is 3.01. The summed E-state index contributed by atoms with van der Waals surface area (Å²) < 4.78 is 37.5. The maximum absolute atomic E-state index is 12.5. The highest BCUT2D eigenvalue weighted by atomic mass is 32.2. The van der Waals surface area contributed by atoms with E-state index >= 15 is 0 Å². The van der Waals surface area contributed by atoms with E-state index in [1.54, 1.807) is 6.08 Å². The Balaban J connectivity index is 2.72. The van der Waals surface area contributed by atoms with Gasteiger partial charge in [0.1, 0.15) is 5.82 Å². The molecule has 1 aromatic rings. The minimum Gasteiger partial charge on any atom is -0.383 e. The molecule has 3 nitrogen and oxygen atoms in total. The first-order valence-corrected chi connectivity index (χ1v) is 6.42. The zero-order chi connectivity index (χ0) is 14.5. The van der Waals surface area contributed by atoms with Crippen molar-refractivity contribution in [2.45, 2.75) is 19.5 Å². The quantitative estimate of drug-likeness (QED) is 0.864. The van der Waals surface area contributed by atoms with Crippen molar-refractivity contribution in [3.63, 3.8) is 0 Å². The molecule has 19 heavy (non-hydrogen) atoms. The summed E-state index contributed by atoms with van der Waals surface area (Å²) in [5.74, 6) is 0.626. The summed E-state index contributed by atoms with van der Waals surface area (Å²) in [6.45, 7) is 1.46. The zero-order valence-corrected chi connectivity index (χ0v) is 11.0. The van der Waals surface area contributed by atoms with Gasteiger partial charge in [-0.25, -0.2) is 4.98 Å². The van der Waals surface area contributed by atoms with Crippen molar-refractivity contribution in [2.75, 3.05) is 11.5 Å². The molecule has 0 radical (unpaired) electrons. The highest BCUT2D eigenvalue weighted by Crippen LogP contribution is 2.30. The minimum absolute atomic E-state index is 0.00801. The van der Waals surface area contributed by atoms with E-state index in [4.69, 9.17) is 5.73 Å². The number of nitrogens with two attached hydrogens (primary N) is 1. The Hall–Kier alpha value is -1.50. The smallest absolute Gasteiger partial charge is 0.383 e. The van der Waals surface area contributed by atoms with Gasteiger partial charge in [-0.2, -0.15) is 13.2 Å². The van der Waals surface area contributed by atoms with E-state index in [0.717, 1.165) is 17.8 Å². The molecule has 0 fully saturated rings. The second kappa shape index (κ2) is 6.60. The number of carbonyl (C=O) groups is 1. The number of alkyl halides is 3. The Bertz CT molecular complexity index is 486. The molecule has 0 aliphatic carbocycles. The number of hydrogen-bond acceptors (Lipinski definition) is 4. The normalized spacial score (nSPS) is 12.0. The topological polar surface area (TPSA) is 56.0 Å². The highest BCUT2D eigenvalue weighted by Gasteiger charge is 2.31. The van der Waals surface area contributed by atoms with Crippen molar-refractivity contribution in [3.05, 3.63) is 29.5 Å². The highest BCUT2D eigenvalue weighted by molar-refractivity contribution is 8.13. The Kier molecular flexibility index (Phi) is 5.41. The van der Waals surface area contributed by atoms with Crippen LogP contribution in [0.15, 0.2) is 18.3 Å². The number of anilines is 1. The van der Waals surface area contributed by atoms with Crippen molar-refractivity contribution >= 4 is 28.8 Å². The van der Waals surface area contributed by atoms with Gasteiger partial charge in [-0.3, -0.25) is 4.79 Å². The number of allylic oxidation sites excluding steroid dienone is 1. The summed E-state index contributed by atoms with van der Waals surface area (Å²) in [6, 6.07) is 0.955. The summed E-state index contributed by atoms with van der Waals surface area (Å²) in [7, 11) is 0. The zero-order valence-electron chi connectivity index (χ0n) is 10.2. The predicted octanol–water partition coefficient (Wildman–Crippen LogP) is 3.37. The van der Waals surface area contributed by atoms with Crippen molar-refractivity contribution in [1.82, 2.24) is 4.98 Å². The third kappa shape index (κ3) is 5.34. The number of carbonyl (C=O) groups excluding carboxylic acids is 1. The standard InChI is InChI=1S/C12H13F3N2OS/c1-8(18)19-5-3-2-4-9-6-10(12(13,14)15)7-17-11(9)16/h2,4,6-7H,3,5H2,1H3,(H2,16,17). The van der Waals surface area contributed by atoms with E-state index in [9.17, 15) is 18.0 Å². The molecule has 1 rings (SSSR count). The van der Waals surface area contributed by atoms with E-state index in [1.807, 2.05) is 0 Å². The van der Waals surface area contributed by atoms with E-state index in [0.29, 0.717) is 18.4 Å². The molecule has 0 aromatic carbocycles. The number of hydrogen-bond donors (Lipinski definition) is 1. The first-order valence-electron chi connectivity index (χ1n) is 5.43. The van der Waals surface area contributed by atoms with E-state index in [1.165, 1.54) is 13.0 Å². The Morgan fingerprint density at radius 2 is 2.21 bits per heavy atom. The van der Waals surface area contributed by atoms with Crippen LogP contribution in [-0.2, 0) is 11.0 Å². The van der Waals surface area contributed by atoms with E-state index in [-0.39, 0.29) is 16.5 Å². The van der Waals surface area contributed by atoms with Gasteiger partial charge in [0.2, 0.25) is 0 Å². The van der Waals surface area contributed by atoms with Gasteiger partial charge < -0.3 is 5.73 Å². The molecular formula is C12H13F3N2OS. The van der Waals surface area contributed by atoms with Crippen LogP contribution in [0.3, 0.4) is 0 Å². The molecule has 0 aliphatic heterocycles. The first kappa shape index (κ1) is 15.6. The molecule has 1 aromatic heterocycles. The average Bonchev–Trinajstić information content (AvgIpc) is 2.29. The number of thioether (sulfide) groups is 1. The van der Waals surface area contributed by atoms with Crippen molar-refractivity contribution in [2.24, 2.45) is 0 Å². The number of nitrogens with zero attached hydrogens (tertiary/aromatic N) is 1. The fourth-order valence-electron chi connectivity index (χ4n) is 1.26. The minimum atomic E-state index is -4.44. The second-order valence-corrected chi connectivity index (χ2v) is 5.00. The molecule has 1 heterocycles. The third-order valence-electron chi connectivity index (χ3n) is 2.16. The predicted molar refractivity (Wildman–Crippen MR) is 70.4 cm³/mol. The van der Waals surface area contributed by atoms with Crippen LogP contribution in [0, 0.1) is 0 Å². The molecule has 0 bridgehead atoms. The number of rotatable bonds is 4. The van der Waals surface area contributed by atoms with Gasteiger partial charge in [0.05, 0.1) is 5.56 Å². The maximum Gasteiger partial charge on any atom is 0.417 e. The molecule has 0 amide bonds. The van der Waals surface area contributed by atoms with E-state index in [2.05, 4.69) is 4.98 Å². The maximum atomic E-state index is 12.5. The molecule has 7 heteroatoms. The molecule has 0 aliphatic rings. The Morgan fingerprint density at radius 3 is 2.79 bits per heavy atom. The molecule has 0 spiro atoms. The van der Waals surface area contributed by atoms with Crippen LogP contribution < -0.4 is 5.73 Å². The molecule has 0 atom stereocenters. The fourth-order valence-corrected chi connectivity index (χ4v) is 1.80. The SMILES string of the molecule is CC(=O)SCCC=Cc1cc(C(F)(F)F)cnc1N. The summed E-state index contributed by atoms with van der Waals surface area (Å²) >= 11 is 1.16. The summed E-state index contributed by atoms with van der Waals surface area (Å²) in [5, 5.41) is 0.00801. The molecule has 0 saturated carbocycles. The second-order valence-electron chi connectivity index (χ2n) is 3.73. The van der Waals surface area contributed by atoms with Crippen LogP contribution in [0.2, 0.25) is 0 Å². The van der Waals surface area contributed by atoms with Crippen LogP contribution in [0.4, 0.5) is 19.0 Å². The van der Waals surface area contributed by atoms with Gasteiger partial charge in [-0.15, -0.1) is 0 Å². The number of pyridine rings is 1. The van der Waals surface area contributed by atoms with Crippen LogP contribution >= 0.6 is 11.8 Å². The lowest BCUT2D eigenvalue weighted by atomic mass is 10.1. The molecule has 2 N–H and O–H groups in total. The molecule has 104 valence electrons. The van der Waals surface area contributed by atoms with Gasteiger partial charge in [-0.1, -0.05) is 23.9 Å². The van der Waals surface area contributed by atoms with Gasteiger partial charge >= 0.3 is 6.18 Å². The lowest BCUT2D eigenvalue weighted by Gasteiger charge is -2.08. The summed E-state index contributed by atoms with van der Waals surface area (Å²) in [4.78, 5) is 14.2. The molecular weight excluding hydrogens is 277 g/mol. The van der Waals surface area contributed by atoms with Gasteiger partial charge in [0, 0.05) is 24.4 Å². The van der Waals surface area contributed by atoms with Gasteiger partial charge in [-0.05, 0) is 12.5 Å². The van der Waals surface area contributed by atoms with Crippen LogP contribution in [0.5, 0.6) is 0 Å². The largest absolute Gasteiger partial charge is 0.417 e. The van der Waals surface area contributed by atoms with E-state index < -0.39 is 11.7 Å². The van der Waals surface area contributed by atoms with Crippen LogP contribution in [0.1, 0.15) is 24.5 Å². The monoisotopic (exact) mass is 290 g/mol. The van der Waals surface area contributed by atoms with Crippen LogP contribution in [-0.4, -0.2) is 15.9 Å². The van der Waals surface area contributed by atoms with Crippen LogP contribution in [0.25, 0.3) is 6.08 Å². The Labute approximate surface area is 113 Å². The fraction of sp³-hybridized carbons (Fsp3) is 0.333. The first-order chi connectivity index (χ1) is 8.80. The van der Waals surface area contributed by atoms with Crippen molar-refractivity contribution in [1.29, 1.82) is 0 Å². The average molecular weight is 290 g/mol. The van der Waals surface area contributed by atoms with Crippen molar-refractivity contribution < 1.29 is 18.0 Å². The molecule has 0 saturated heterocycles. The Morgan fingerprint density at radius 1 is 1.53 bits per heavy atom. The van der Waals surface area contributed by atoms with Gasteiger partial charge in [0.25, 0.3) is 0 Å². The number of halogens is 3. The molecule has 0 unspecified atom stereocenters. The van der Waals surface area contributed by atoms with Crippen molar-refractivity contribution in [3.8, 4) is 0 Å². The lowest BCUT2D eigenvalue weighted by Crippen LogP contribution is -2.07.